The summed E-state index contributed by atoms with van der Waals surface area (Å²) in [4.78, 5) is 13.2. The summed E-state index contributed by atoms with van der Waals surface area (Å²) >= 11 is 0. The monoisotopic (exact) mass is 340 g/mol. The van der Waals surface area contributed by atoms with Gasteiger partial charge in [-0.15, -0.1) is 0 Å². The number of Topliss-reactive ketones (excluding diaryl/α,β-unsaturated/α-hetero) is 1. The van der Waals surface area contributed by atoms with Crippen LogP contribution < -0.4 is 4.74 Å². The normalized spacial score (nSPS) is 17.8. The SMILES string of the molecule is CCC1(c2ccc(OC)cc2)C=C(C(C)(C)C)C(=O)C(C(C)(C)C)=C1. The summed E-state index contributed by atoms with van der Waals surface area (Å²) in [5.74, 6) is 1.04. The molecular weight excluding hydrogens is 308 g/mol. The van der Waals surface area contributed by atoms with Gasteiger partial charge in [-0.05, 0) is 34.9 Å². The van der Waals surface area contributed by atoms with Crippen LogP contribution in [0.5, 0.6) is 5.75 Å². The smallest absolute Gasteiger partial charge is 0.185 e. The van der Waals surface area contributed by atoms with Crippen molar-refractivity contribution in [2.75, 3.05) is 7.11 Å². The topological polar surface area (TPSA) is 26.3 Å². The highest BCUT2D eigenvalue weighted by molar-refractivity contribution is 6.11. The first-order valence-corrected chi connectivity index (χ1v) is 9.10. The van der Waals surface area contributed by atoms with E-state index in [1.54, 1.807) is 7.11 Å². The molecule has 1 aromatic rings. The second kappa shape index (κ2) is 6.48. The van der Waals surface area contributed by atoms with Crippen LogP contribution in [0.4, 0.5) is 0 Å². The van der Waals surface area contributed by atoms with Crippen molar-refractivity contribution in [3.63, 3.8) is 0 Å². The lowest BCUT2D eigenvalue weighted by Crippen LogP contribution is -2.35. The Labute approximate surface area is 153 Å². The van der Waals surface area contributed by atoms with Gasteiger partial charge in [-0.25, -0.2) is 0 Å². The van der Waals surface area contributed by atoms with E-state index < -0.39 is 0 Å². The highest BCUT2D eigenvalue weighted by atomic mass is 16.5. The molecule has 0 N–H and O–H groups in total. The number of carbonyl (C=O) groups is 1. The molecule has 0 saturated carbocycles. The first-order chi connectivity index (χ1) is 11.4. The maximum absolute atomic E-state index is 13.2. The molecule has 0 spiro atoms. The molecule has 0 atom stereocenters. The van der Waals surface area contributed by atoms with Crippen molar-refractivity contribution in [2.24, 2.45) is 10.8 Å². The van der Waals surface area contributed by atoms with Crippen LogP contribution in [0.2, 0.25) is 0 Å². The summed E-state index contributed by atoms with van der Waals surface area (Å²) in [6.45, 7) is 14.9. The maximum atomic E-state index is 13.2. The number of hydrogen-bond acceptors (Lipinski definition) is 2. The fraction of sp³-hybridized carbons (Fsp3) is 0.522. The number of carbonyl (C=O) groups excluding carboxylic acids is 1. The van der Waals surface area contributed by atoms with Crippen LogP contribution in [0.25, 0.3) is 0 Å². The van der Waals surface area contributed by atoms with E-state index in [0.717, 1.165) is 23.3 Å². The van der Waals surface area contributed by atoms with Crippen LogP contribution in [0.1, 0.15) is 60.5 Å². The summed E-state index contributed by atoms with van der Waals surface area (Å²) in [6.07, 6.45) is 5.31. The lowest BCUT2D eigenvalue weighted by atomic mass is 9.63. The zero-order chi connectivity index (χ0) is 19.0. The van der Waals surface area contributed by atoms with Gasteiger partial charge in [-0.3, -0.25) is 4.79 Å². The molecule has 0 unspecified atom stereocenters. The van der Waals surface area contributed by atoms with Crippen molar-refractivity contribution in [1.29, 1.82) is 0 Å². The molecule has 2 nitrogen and oxygen atoms in total. The van der Waals surface area contributed by atoms with Gasteiger partial charge in [0.15, 0.2) is 5.78 Å². The summed E-state index contributed by atoms with van der Waals surface area (Å²) in [5.41, 5.74) is 2.40. The lowest BCUT2D eigenvalue weighted by Gasteiger charge is -2.39. The number of ether oxygens (including phenoxy) is 1. The van der Waals surface area contributed by atoms with Gasteiger partial charge in [0.1, 0.15) is 5.75 Å². The molecule has 2 rings (SSSR count). The molecule has 1 aliphatic carbocycles. The van der Waals surface area contributed by atoms with Gasteiger partial charge in [0, 0.05) is 16.6 Å². The Morgan fingerprint density at radius 2 is 1.32 bits per heavy atom. The summed E-state index contributed by atoms with van der Waals surface area (Å²) in [5, 5.41) is 0. The van der Waals surface area contributed by atoms with E-state index in [4.69, 9.17) is 4.74 Å². The van der Waals surface area contributed by atoms with E-state index in [9.17, 15) is 4.79 Å². The molecule has 136 valence electrons. The summed E-state index contributed by atoms with van der Waals surface area (Å²) in [6, 6.07) is 8.23. The van der Waals surface area contributed by atoms with Crippen molar-refractivity contribution in [2.45, 2.75) is 60.3 Å². The van der Waals surface area contributed by atoms with E-state index in [1.807, 2.05) is 12.1 Å². The fourth-order valence-electron chi connectivity index (χ4n) is 3.42. The van der Waals surface area contributed by atoms with Crippen LogP contribution in [-0.4, -0.2) is 12.9 Å². The molecule has 1 aromatic carbocycles. The van der Waals surface area contributed by atoms with Crippen molar-refractivity contribution in [3.05, 3.63) is 53.1 Å². The van der Waals surface area contributed by atoms with Crippen molar-refractivity contribution in [3.8, 4) is 5.75 Å². The molecular formula is C23H32O2. The first-order valence-electron chi connectivity index (χ1n) is 9.10. The maximum Gasteiger partial charge on any atom is 0.185 e. The number of ketones is 1. The van der Waals surface area contributed by atoms with E-state index in [2.05, 4.69) is 72.8 Å². The fourth-order valence-corrected chi connectivity index (χ4v) is 3.42. The van der Waals surface area contributed by atoms with Crippen LogP contribution in [0.15, 0.2) is 47.6 Å². The number of rotatable bonds is 3. The Kier molecular flexibility index (Phi) is 5.05. The van der Waals surface area contributed by atoms with Gasteiger partial charge in [0.25, 0.3) is 0 Å². The zero-order valence-electron chi connectivity index (χ0n) is 17.0. The molecule has 25 heavy (non-hydrogen) atoms. The van der Waals surface area contributed by atoms with Crippen molar-refractivity contribution in [1.82, 2.24) is 0 Å². The molecule has 0 amide bonds. The molecule has 0 aromatic heterocycles. The average molecular weight is 341 g/mol. The van der Waals surface area contributed by atoms with E-state index in [-0.39, 0.29) is 22.0 Å². The summed E-state index contributed by atoms with van der Waals surface area (Å²) < 4.78 is 5.31. The molecule has 1 aliphatic rings. The minimum Gasteiger partial charge on any atom is -0.497 e. The number of allylic oxidation sites excluding steroid dienone is 4. The molecule has 0 aliphatic heterocycles. The van der Waals surface area contributed by atoms with Crippen LogP contribution in [0.3, 0.4) is 0 Å². The Morgan fingerprint density at radius 1 is 0.880 bits per heavy atom. The van der Waals surface area contributed by atoms with Gasteiger partial charge >= 0.3 is 0 Å². The molecule has 0 radical (unpaired) electrons. The van der Waals surface area contributed by atoms with Crippen molar-refractivity contribution >= 4 is 5.78 Å². The number of benzene rings is 1. The Morgan fingerprint density at radius 3 is 1.64 bits per heavy atom. The van der Waals surface area contributed by atoms with Gasteiger partial charge in [-0.2, -0.15) is 0 Å². The second-order valence-corrected chi connectivity index (χ2v) is 9.07. The summed E-state index contributed by atoms with van der Waals surface area (Å²) in [7, 11) is 1.68. The quantitative estimate of drug-likeness (QED) is 0.688. The Hall–Kier alpha value is -1.83. The predicted octanol–water partition coefficient (Wildman–Crippen LogP) is 5.87. The van der Waals surface area contributed by atoms with E-state index in [0.29, 0.717) is 0 Å². The molecule has 2 heteroatoms. The zero-order valence-corrected chi connectivity index (χ0v) is 17.0. The average Bonchev–Trinajstić information content (AvgIpc) is 2.53. The molecule has 0 heterocycles. The Balaban J connectivity index is 2.72. The minimum atomic E-state index is -0.259. The van der Waals surface area contributed by atoms with Crippen LogP contribution in [-0.2, 0) is 10.2 Å². The predicted molar refractivity (Wildman–Crippen MR) is 105 cm³/mol. The van der Waals surface area contributed by atoms with E-state index >= 15 is 0 Å². The molecule has 0 fully saturated rings. The molecule has 0 saturated heterocycles. The Bertz CT molecular complexity index is 670. The van der Waals surface area contributed by atoms with E-state index in [1.165, 1.54) is 5.56 Å². The van der Waals surface area contributed by atoms with Gasteiger partial charge in [0.2, 0.25) is 0 Å². The number of hydrogen-bond donors (Lipinski definition) is 0. The second-order valence-electron chi connectivity index (χ2n) is 9.07. The van der Waals surface area contributed by atoms with Crippen LogP contribution >= 0.6 is 0 Å². The number of methoxy groups -OCH3 is 1. The van der Waals surface area contributed by atoms with Gasteiger partial charge < -0.3 is 4.74 Å². The largest absolute Gasteiger partial charge is 0.497 e. The standard InChI is InChI=1S/C23H32O2/c1-9-23(16-10-12-17(25-8)13-11-16)14-18(21(2,3)4)20(24)19(15-23)22(5,6)7/h10-15H,9H2,1-8H3. The van der Waals surface area contributed by atoms with Gasteiger partial charge in [-0.1, -0.05) is 72.8 Å². The highest BCUT2D eigenvalue weighted by Crippen LogP contribution is 2.46. The lowest BCUT2D eigenvalue weighted by molar-refractivity contribution is -0.114. The highest BCUT2D eigenvalue weighted by Gasteiger charge is 2.40. The molecule has 0 bridgehead atoms. The minimum absolute atomic E-state index is 0.186. The van der Waals surface area contributed by atoms with Gasteiger partial charge in [0.05, 0.1) is 7.11 Å². The van der Waals surface area contributed by atoms with Crippen molar-refractivity contribution < 1.29 is 9.53 Å². The first kappa shape index (κ1) is 19.5. The third-order valence-electron chi connectivity index (χ3n) is 5.12. The van der Waals surface area contributed by atoms with Crippen LogP contribution in [0, 0.1) is 10.8 Å². The third kappa shape index (κ3) is 3.73. The third-order valence-corrected chi connectivity index (χ3v) is 5.12.